The van der Waals surface area contributed by atoms with Gasteiger partial charge in [-0.3, -0.25) is 4.68 Å². The van der Waals surface area contributed by atoms with Gasteiger partial charge in [0.1, 0.15) is 0 Å². The molecule has 0 radical (unpaired) electrons. The standard InChI is InChI=1S/C13H25N3O/c1-11(2)14-8-12-9-15-16(10-12)6-7-17-13(3,4)5/h9-11,14H,6-8H2,1-5H3. The fraction of sp³-hybridized carbons (Fsp3) is 0.769. The van der Waals surface area contributed by atoms with Crippen LogP contribution < -0.4 is 5.32 Å². The van der Waals surface area contributed by atoms with E-state index < -0.39 is 0 Å². The summed E-state index contributed by atoms with van der Waals surface area (Å²) in [7, 11) is 0. The molecule has 0 aromatic carbocycles. The van der Waals surface area contributed by atoms with E-state index in [1.807, 2.05) is 10.9 Å². The lowest BCUT2D eigenvalue weighted by atomic mass is 10.2. The van der Waals surface area contributed by atoms with Crippen molar-refractivity contribution in [2.45, 2.75) is 59.4 Å². The molecule has 0 atom stereocenters. The van der Waals surface area contributed by atoms with Gasteiger partial charge in [0.2, 0.25) is 0 Å². The average Bonchev–Trinajstić information content (AvgIpc) is 2.61. The number of ether oxygens (including phenoxy) is 1. The Morgan fingerprint density at radius 3 is 2.71 bits per heavy atom. The van der Waals surface area contributed by atoms with E-state index in [4.69, 9.17) is 4.74 Å². The summed E-state index contributed by atoms with van der Waals surface area (Å²) in [6, 6.07) is 0.502. The van der Waals surface area contributed by atoms with Gasteiger partial charge in [-0.25, -0.2) is 0 Å². The Balaban J connectivity index is 2.31. The molecule has 0 saturated heterocycles. The van der Waals surface area contributed by atoms with Gasteiger partial charge >= 0.3 is 0 Å². The van der Waals surface area contributed by atoms with Gasteiger partial charge in [0.15, 0.2) is 0 Å². The maximum atomic E-state index is 5.66. The van der Waals surface area contributed by atoms with Gasteiger partial charge in [-0.2, -0.15) is 5.10 Å². The number of aromatic nitrogens is 2. The van der Waals surface area contributed by atoms with E-state index >= 15 is 0 Å². The maximum absolute atomic E-state index is 5.66. The number of hydrogen-bond acceptors (Lipinski definition) is 3. The fourth-order valence-electron chi connectivity index (χ4n) is 1.39. The largest absolute Gasteiger partial charge is 0.374 e. The highest BCUT2D eigenvalue weighted by Gasteiger charge is 2.09. The molecule has 0 saturated carbocycles. The number of rotatable bonds is 6. The minimum Gasteiger partial charge on any atom is -0.374 e. The molecule has 4 nitrogen and oxygen atoms in total. The van der Waals surface area contributed by atoms with Gasteiger partial charge in [0, 0.05) is 24.3 Å². The Kier molecular flexibility index (Phi) is 5.15. The van der Waals surface area contributed by atoms with Gasteiger partial charge in [-0.1, -0.05) is 13.8 Å². The van der Waals surface area contributed by atoms with Crippen molar-refractivity contribution >= 4 is 0 Å². The first kappa shape index (κ1) is 14.2. The van der Waals surface area contributed by atoms with Crippen LogP contribution in [0.4, 0.5) is 0 Å². The molecule has 1 heterocycles. The fourth-order valence-corrected chi connectivity index (χ4v) is 1.39. The topological polar surface area (TPSA) is 39.1 Å². The van der Waals surface area contributed by atoms with Crippen molar-refractivity contribution in [3.63, 3.8) is 0 Å². The Hall–Kier alpha value is -0.870. The summed E-state index contributed by atoms with van der Waals surface area (Å²) < 4.78 is 7.60. The molecule has 0 aliphatic carbocycles. The number of nitrogens with one attached hydrogen (secondary N) is 1. The molecular formula is C13H25N3O. The highest BCUT2D eigenvalue weighted by Crippen LogP contribution is 2.06. The van der Waals surface area contributed by atoms with Gasteiger partial charge in [0.25, 0.3) is 0 Å². The molecule has 1 aromatic rings. The predicted octanol–water partition coefficient (Wildman–Crippen LogP) is 2.20. The molecule has 4 heteroatoms. The van der Waals surface area contributed by atoms with Crippen LogP contribution in [0, 0.1) is 0 Å². The molecule has 0 unspecified atom stereocenters. The van der Waals surface area contributed by atoms with Gasteiger partial charge < -0.3 is 10.1 Å². The molecule has 1 aromatic heterocycles. The summed E-state index contributed by atoms with van der Waals surface area (Å²) in [5.74, 6) is 0. The van der Waals surface area contributed by atoms with Crippen molar-refractivity contribution in [2.75, 3.05) is 6.61 Å². The Bertz CT molecular complexity index is 326. The zero-order valence-corrected chi connectivity index (χ0v) is 11.7. The third-order valence-electron chi connectivity index (χ3n) is 2.26. The van der Waals surface area contributed by atoms with Crippen LogP contribution in [0.5, 0.6) is 0 Å². The van der Waals surface area contributed by atoms with Crippen molar-refractivity contribution in [3.8, 4) is 0 Å². The summed E-state index contributed by atoms with van der Waals surface area (Å²) in [6.45, 7) is 12.8. The van der Waals surface area contributed by atoms with Crippen molar-refractivity contribution in [1.29, 1.82) is 0 Å². The number of hydrogen-bond donors (Lipinski definition) is 1. The second-order valence-corrected chi connectivity index (χ2v) is 5.61. The lowest BCUT2D eigenvalue weighted by Gasteiger charge is -2.19. The molecule has 1 rings (SSSR count). The lowest BCUT2D eigenvalue weighted by molar-refractivity contribution is -0.00790. The Morgan fingerprint density at radius 1 is 1.41 bits per heavy atom. The Labute approximate surface area is 104 Å². The third-order valence-corrected chi connectivity index (χ3v) is 2.26. The first-order chi connectivity index (χ1) is 7.87. The van der Waals surface area contributed by atoms with Gasteiger partial charge in [0.05, 0.1) is 24.9 Å². The van der Waals surface area contributed by atoms with Crippen molar-refractivity contribution in [1.82, 2.24) is 15.1 Å². The molecule has 0 fully saturated rings. The van der Waals surface area contributed by atoms with E-state index in [2.05, 4.69) is 51.2 Å². The smallest absolute Gasteiger partial charge is 0.0669 e. The molecule has 0 bridgehead atoms. The highest BCUT2D eigenvalue weighted by molar-refractivity contribution is 5.03. The summed E-state index contributed by atoms with van der Waals surface area (Å²) in [5, 5.41) is 7.68. The van der Waals surface area contributed by atoms with Gasteiger partial charge in [-0.05, 0) is 20.8 Å². The quantitative estimate of drug-likeness (QED) is 0.827. The molecule has 98 valence electrons. The summed E-state index contributed by atoms with van der Waals surface area (Å²) in [6.07, 6.45) is 3.98. The summed E-state index contributed by atoms with van der Waals surface area (Å²) >= 11 is 0. The molecule has 0 spiro atoms. The van der Waals surface area contributed by atoms with Crippen LogP contribution in [-0.4, -0.2) is 28.0 Å². The van der Waals surface area contributed by atoms with Crippen LogP contribution in [0.25, 0.3) is 0 Å². The van der Waals surface area contributed by atoms with E-state index in [9.17, 15) is 0 Å². The summed E-state index contributed by atoms with van der Waals surface area (Å²) in [4.78, 5) is 0. The molecule has 0 amide bonds. The van der Waals surface area contributed by atoms with E-state index in [0.29, 0.717) is 12.6 Å². The van der Waals surface area contributed by atoms with E-state index in [1.165, 1.54) is 5.56 Å². The maximum Gasteiger partial charge on any atom is 0.0669 e. The van der Waals surface area contributed by atoms with Crippen LogP contribution in [-0.2, 0) is 17.8 Å². The lowest BCUT2D eigenvalue weighted by Crippen LogP contribution is -2.22. The van der Waals surface area contributed by atoms with Crippen LogP contribution >= 0.6 is 0 Å². The molecule has 0 aliphatic rings. The monoisotopic (exact) mass is 239 g/mol. The zero-order valence-electron chi connectivity index (χ0n) is 11.7. The minimum atomic E-state index is -0.0742. The first-order valence-corrected chi connectivity index (χ1v) is 6.25. The normalized spacial score (nSPS) is 12.4. The van der Waals surface area contributed by atoms with Crippen LogP contribution in [0.15, 0.2) is 12.4 Å². The number of nitrogens with zero attached hydrogens (tertiary/aromatic N) is 2. The molecule has 1 N–H and O–H groups in total. The van der Waals surface area contributed by atoms with Crippen LogP contribution in [0.3, 0.4) is 0 Å². The van der Waals surface area contributed by atoms with Crippen LogP contribution in [0.1, 0.15) is 40.2 Å². The second kappa shape index (κ2) is 6.17. The third kappa shape index (κ3) is 6.44. The summed E-state index contributed by atoms with van der Waals surface area (Å²) in [5.41, 5.74) is 1.14. The molecule has 17 heavy (non-hydrogen) atoms. The van der Waals surface area contributed by atoms with Crippen LogP contribution in [0.2, 0.25) is 0 Å². The van der Waals surface area contributed by atoms with E-state index in [-0.39, 0.29) is 5.60 Å². The van der Waals surface area contributed by atoms with Crippen molar-refractivity contribution in [3.05, 3.63) is 18.0 Å². The minimum absolute atomic E-state index is 0.0742. The molecular weight excluding hydrogens is 214 g/mol. The molecule has 0 aliphatic heterocycles. The second-order valence-electron chi connectivity index (χ2n) is 5.61. The first-order valence-electron chi connectivity index (χ1n) is 6.25. The van der Waals surface area contributed by atoms with E-state index in [0.717, 1.165) is 13.1 Å². The zero-order chi connectivity index (χ0) is 12.9. The highest BCUT2D eigenvalue weighted by atomic mass is 16.5. The Morgan fingerprint density at radius 2 is 2.12 bits per heavy atom. The average molecular weight is 239 g/mol. The SMILES string of the molecule is CC(C)NCc1cnn(CCOC(C)(C)C)c1. The predicted molar refractivity (Wildman–Crippen MR) is 69.9 cm³/mol. The van der Waals surface area contributed by atoms with E-state index in [1.54, 1.807) is 0 Å². The van der Waals surface area contributed by atoms with Gasteiger partial charge in [-0.15, -0.1) is 0 Å². The van der Waals surface area contributed by atoms with Crippen molar-refractivity contribution < 1.29 is 4.74 Å². The van der Waals surface area contributed by atoms with Crippen molar-refractivity contribution in [2.24, 2.45) is 0 Å².